The molecule has 0 aliphatic rings. The molecule has 0 amide bonds. The minimum Gasteiger partial charge on any atom is -0.465 e. The highest BCUT2D eigenvalue weighted by Crippen LogP contribution is 2.21. The fraction of sp³-hybridized carbons (Fsp3) is 0.926. The summed E-state index contributed by atoms with van der Waals surface area (Å²) in [6.45, 7) is 22.0. The summed E-state index contributed by atoms with van der Waals surface area (Å²) in [5, 5.41) is 9.03. The van der Waals surface area contributed by atoms with Crippen molar-refractivity contribution in [3.63, 3.8) is 0 Å². The third-order valence-corrected chi connectivity index (χ3v) is 11.1. The molecule has 0 bridgehead atoms. The van der Waals surface area contributed by atoms with Crippen LogP contribution < -0.4 is 0 Å². The molecule has 368 valence electrons. The molecule has 61 heavy (non-hydrogen) atoms. The molecule has 0 aromatic rings. The number of carbonyl (C=O) groups excluding carboxylic acids is 2. The van der Waals surface area contributed by atoms with E-state index in [4.69, 9.17) is 14.6 Å². The van der Waals surface area contributed by atoms with E-state index in [1.807, 2.05) is 25.7 Å². The summed E-state index contributed by atoms with van der Waals surface area (Å²) >= 11 is 2.15. The van der Waals surface area contributed by atoms with Crippen molar-refractivity contribution in [3.8, 4) is 12.8 Å². The number of nitrogens with zero attached hydrogens (tertiary/aromatic N) is 1. The van der Waals surface area contributed by atoms with Crippen molar-refractivity contribution in [3.05, 3.63) is 0 Å². The Kier molecular flexibility index (Phi) is 74.6. The van der Waals surface area contributed by atoms with Crippen LogP contribution in [0.25, 0.3) is 0 Å². The van der Waals surface area contributed by atoms with Gasteiger partial charge in [-0.3, -0.25) is 9.59 Å². The molecule has 0 spiro atoms. The van der Waals surface area contributed by atoms with E-state index in [1.54, 1.807) is 0 Å². The maximum atomic E-state index is 12.3. The van der Waals surface area contributed by atoms with Gasteiger partial charge in [-0.15, -0.1) is 12.8 Å². The fourth-order valence-electron chi connectivity index (χ4n) is 7.44. The van der Waals surface area contributed by atoms with Crippen molar-refractivity contribution in [1.29, 1.82) is 0 Å². The molecule has 2 atom stereocenters. The third kappa shape index (κ3) is 61.3. The van der Waals surface area contributed by atoms with E-state index in [0.717, 1.165) is 58.2 Å². The van der Waals surface area contributed by atoms with E-state index in [9.17, 15) is 9.59 Å². The Morgan fingerprint density at radius 2 is 0.770 bits per heavy atom. The predicted molar refractivity (Wildman–Crippen MR) is 280 cm³/mol. The maximum absolute atomic E-state index is 12.3. The van der Waals surface area contributed by atoms with Gasteiger partial charge in [0.25, 0.3) is 0 Å². The van der Waals surface area contributed by atoms with Crippen LogP contribution in [0.3, 0.4) is 0 Å². The van der Waals surface area contributed by atoms with Crippen LogP contribution in [-0.2, 0) is 19.1 Å². The number of aliphatic hydroxyl groups is 1. The van der Waals surface area contributed by atoms with Crippen LogP contribution in [0, 0.1) is 24.7 Å². The van der Waals surface area contributed by atoms with Crippen LogP contribution in [0.5, 0.6) is 0 Å². The number of esters is 2. The minimum absolute atomic E-state index is 0.00259. The SMILES string of the molecule is C#C.CC.CCCCCCCCC(CCCCCC)COC(=O)CCCCCN(CCC)CCCO.CCCCCCCCC(CCCCCCC)COC(=O)CCC.CI. The van der Waals surface area contributed by atoms with Gasteiger partial charge in [-0.05, 0) is 87.6 Å². The molecule has 0 aliphatic carbocycles. The van der Waals surface area contributed by atoms with E-state index < -0.39 is 0 Å². The molecular weight excluding hydrogens is 869 g/mol. The molecule has 1 N–H and O–H groups in total. The summed E-state index contributed by atoms with van der Waals surface area (Å²) < 4.78 is 11.2. The number of ether oxygens (including phenoxy) is 2. The Balaban J connectivity index is -0.000000317. The van der Waals surface area contributed by atoms with E-state index >= 15 is 0 Å². The Labute approximate surface area is 397 Å². The number of alkyl halides is 1. The summed E-state index contributed by atoms with van der Waals surface area (Å²) in [6.07, 6.45) is 47.9. The zero-order valence-corrected chi connectivity index (χ0v) is 44.9. The first-order valence-corrected chi connectivity index (χ1v) is 28.4. The zero-order chi connectivity index (χ0) is 46.9. The summed E-state index contributed by atoms with van der Waals surface area (Å²) in [5.41, 5.74) is 0. The van der Waals surface area contributed by atoms with Crippen molar-refractivity contribution >= 4 is 34.5 Å². The number of carbonyl (C=O) groups is 2. The molecule has 7 heteroatoms. The normalized spacial score (nSPS) is 11.4. The monoisotopic (exact) mass is 980 g/mol. The number of unbranched alkanes of at least 4 members (excludes halogenated alkanes) is 19. The van der Waals surface area contributed by atoms with Crippen molar-refractivity contribution in [2.75, 3.05) is 44.4 Å². The number of halogens is 1. The molecule has 6 nitrogen and oxygen atoms in total. The molecule has 0 aliphatic heterocycles. The molecule has 0 aromatic carbocycles. The number of terminal acetylenes is 1. The molecule has 0 radical (unpaired) electrons. The lowest BCUT2D eigenvalue weighted by Crippen LogP contribution is -2.27. The Morgan fingerprint density at radius 3 is 1.13 bits per heavy atom. The van der Waals surface area contributed by atoms with Crippen LogP contribution in [0.4, 0.5) is 0 Å². The zero-order valence-electron chi connectivity index (χ0n) is 42.8. The number of rotatable bonds is 42. The number of hydrogen-bond donors (Lipinski definition) is 1. The maximum Gasteiger partial charge on any atom is 0.305 e. The summed E-state index contributed by atoms with van der Waals surface area (Å²) in [5.74, 6) is 1.13. The summed E-state index contributed by atoms with van der Waals surface area (Å²) in [7, 11) is 0. The quantitative estimate of drug-likeness (QED) is 0.0216. The average Bonchev–Trinajstić information content (AvgIpc) is 3.29. The van der Waals surface area contributed by atoms with Gasteiger partial charge in [-0.2, -0.15) is 0 Å². The van der Waals surface area contributed by atoms with Crippen LogP contribution in [0.2, 0.25) is 0 Å². The smallest absolute Gasteiger partial charge is 0.305 e. The predicted octanol–water partition coefficient (Wildman–Crippen LogP) is 16.9. The fourth-order valence-corrected chi connectivity index (χ4v) is 7.44. The van der Waals surface area contributed by atoms with E-state index in [1.165, 1.54) is 161 Å². The van der Waals surface area contributed by atoms with Crippen molar-refractivity contribution < 1.29 is 24.2 Å². The van der Waals surface area contributed by atoms with Gasteiger partial charge < -0.3 is 19.5 Å². The first-order valence-electron chi connectivity index (χ1n) is 26.3. The molecule has 0 saturated heterocycles. The van der Waals surface area contributed by atoms with Gasteiger partial charge in [0.2, 0.25) is 0 Å². The second-order valence-corrected chi connectivity index (χ2v) is 16.7. The lowest BCUT2D eigenvalue weighted by atomic mass is 9.95. The Bertz CT molecular complexity index is 810. The highest BCUT2D eigenvalue weighted by Gasteiger charge is 2.14. The topological polar surface area (TPSA) is 76.1 Å². The third-order valence-electron chi connectivity index (χ3n) is 11.1. The van der Waals surface area contributed by atoms with Crippen LogP contribution in [0.1, 0.15) is 267 Å². The number of aliphatic hydroxyl groups excluding tert-OH is 1. The molecule has 0 aromatic heterocycles. The molecule has 0 heterocycles. The molecule has 2 unspecified atom stereocenters. The second-order valence-electron chi connectivity index (χ2n) is 16.7. The number of hydrogen-bond acceptors (Lipinski definition) is 6. The minimum atomic E-state index is -0.00794. The van der Waals surface area contributed by atoms with Crippen molar-refractivity contribution in [2.45, 2.75) is 267 Å². The molecule has 0 saturated carbocycles. The highest BCUT2D eigenvalue weighted by molar-refractivity contribution is 14.1. The molecular formula is C54H110INO5. The Morgan fingerprint density at radius 1 is 0.443 bits per heavy atom. The Hall–Kier alpha value is -0.850. The van der Waals surface area contributed by atoms with Gasteiger partial charge in [0, 0.05) is 26.0 Å². The van der Waals surface area contributed by atoms with Gasteiger partial charge in [0.05, 0.1) is 13.2 Å². The van der Waals surface area contributed by atoms with Crippen LogP contribution >= 0.6 is 22.6 Å². The second kappa shape index (κ2) is 65.8. The summed E-state index contributed by atoms with van der Waals surface area (Å²) in [6, 6.07) is 0. The highest BCUT2D eigenvalue weighted by atomic mass is 127. The standard InChI is InChI=1S/C28H57NO3.C21H42O2.C2H6.C2H2.CH3I/c1-4-7-9-11-12-15-20-27(19-14-10-8-5-2)26-32-28(31)21-16-13-17-23-29(22-6-3)24-18-25-30;1-4-7-9-11-13-15-18-20(17-14-12-10-8-5-2)19-23-21(22)16-6-3;3*1-2/h27,30H,4-26H2,1-3H3;20H,4-19H2,1-3H3;1-2H3;1-2H;1H3. The van der Waals surface area contributed by atoms with Crippen molar-refractivity contribution in [2.24, 2.45) is 11.8 Å². The average molecular weight is 980 g/mol. The summed E-state index contributed by atoms with van der Waals surface area (Å²) in [4.78, 5) is 28.2. The lowest BCUT2D eigenvalue weighted by molar-refractivity contribution is -0.146. The van der Waals surface area contributed by atoms with Gasteiger partial charge in [0.1, 0.15) is 0 Å². The van der Waals surface area contributed by atoms with Gasteiger partial charge in [-0.1, -0.05) is 219 Å². The molecule has 0 fully saturated rings. The van der Waals surface area contributed by atoms with Gasteiger partial charge in [-0.25, -0.2) is 0 Å². The first kappa shape index (κ1) is 69.2. The lowest BCUT2D eigenvalue weighted by Gasteiger charge is -2.21. The van der Waals surface area contributed by atoms with Gasteiger partial charge in [0.15, 0.2) is 0 Å². The van der Waals surface area contributed by atoms with E-state index in [0.29, 0.717) is 37.9 Å². The van der Waals surface area contributed by atoms with Crippen molar-refractivity contribution in [1.82, 2.24) is 4.90 Å². The van der Waals surface area contributed by atoms with Crippen LogP contribution in [-0.4, -0.2) is 66.3 Å². The largest absolute Gasteiger partial charge is 0.465 e. The van der Waals surface area contributed by atoms with E-state index in [2.05, 4.69) is 75.0 Å². The van der Waals surface area contributed by atoms with Crippen LogP contribution in [0.15, 0.2) is 0 Å². The molecule has 0 rings (SSSR count). The van der Waals surface area contributed by atoms with E-state index in [-0.39, 0.29) is 18.5 Å². The first-order chi connectivity index (χ1) is 29.9. The van der Waals surface area contributed by atoms with Gasteiger partial charge >= 0.3 is 11.9 Å².